The number of nitro benzene ring substituents is 1. The molecular formula is C26H24N4O3. The molecule has 33 heavy (non-hydrogen) atoms. The molecule has 4 aromatic rings. The van der Waals surface area contributed by atoms with Crippen LogP contribution >= 0.6 is 0 Å². The van der Waals surface area contributed by atoms with Crippen LogP contribution in [0.3, 0.4) is 0 Å². The van der Waals surface area contributed by atoms with Gasteiger partial charge in [0.25, 0.3) is 11.6 Å². The van der Waals surface area contributed by atoms with E-state index >= 15 is 0 Å². The van der Waals surface area contributed by atoms with E-state index < -0.39 is 4.92 Å². The quantitative estimate of drug-likeness (QED) is 0.363. The maximum Gasteiger partial charge on any atom is 0.270 e. The number of benzene rings is 3. The smallest absolute Gasteiger partial charge is 0.270 e. The Kier molecular flexibility index (Phi) is 5.62. The predicted molar refractivity (Wildman–Crippen MR) is 127 cm³/mol. The molecule has 7 nitrogen and oxygen atoms in total. The van der Waals surface area contributed by atoms with Crippen molar-refractivity contribution in [3.8, 4) is 0 Å². The third-order valence-electron chi connectivity index (χ3n) is 6.30. The Morgan fingerprint density at radius 3 is 2.06 bits per heavy atom. The summed E-state index contributed by atoms with van der Waals surface area (Å²) in [5.74, 6) is -0.0997. The molecule has 0 unspecified atom stereocenters. The number of aromatic nitrogens is 1. The summed E-state index contributed by atoms with van der Waals surface area (Å²) in [4.78, 5) is 31.3. The lowest BCUT2D eigenvalue weighted by molar-refractivity contribution is -0.384. The number of hydrogen-bond acceptors (Lipinski definition) is 4. The van der Waals surface area contributed by atoms with Crippen LogP contribution in [0.4, 0.5) is 5.69 Å². The highest BCUT2D eigenvalue weighted by atomic mass is 16.6. The number of piperazine rings is 1. The van der Waals surface area contributed by atoms with E-state index in [1.54, 1.807) is 12.3 Å². The van der Waals surface area contributed by atoms with E-state index in [1.165, 1.54) is 23.3 Å². The van der Waals surface area contributed by atoms with Crippen LogP contribution in [0.2, 0.25) is 0 Å². The number of amides is 1. The minimum absolute atomic E-state index is 0.0190. The topological polar surface area (TPSA) is 82.5 Å². The molecule has 3 aromatic carbocycles. The van der Waals surface area contributed by atoms with Crippen molar-refractivity contribution in [2.45, 2.75) is 6.04 Å². The van der Waals surface area contributed by atoms with Gasteiger partial charge in [-0.3, -0.25) is 19.8 Å². The Morgan fingerprint density at radius 1 is 0.879 bits per heavy atom. The van der Waals surface area contributed by atoms with E-state index in [9.17, 15) is 14.9 Å². The highest BCUT2D eigenvalue weighted by molar-refractivity contribution is 6.07. The summed E-state index contributed by atoms with van der Waals surface area (Å²) in [5.41, 5.74) is 3.63. The molecular weight excluding hydrogens is 416 g/mol. The lowest BCUT2D eigenvalue weighted by Crippen LogP contribution is -2.49. The molecule has 0 saturated carbocycles. The molecule has 0 bridgehead atoms. The van der Waals surface area contributed by atoms with E-state index in [2.05, 4.69) is 58.4 Å². The zero-order valence-electron chi connectivity index (χ0n) is 18.1. The van der Waals surface area contributed by atoms with Crippen molar-refractivity contribution < 1.29 is 9.72 Å². The third kappa shape index (κ3) is 4.10. The maximum absolute atomic E-state index is 13.3. The van der Waals surface area contributed by atoms with Gasteiger partial charge in [0, 0.05) is 55.4 Å². The zero-order valence-corrected chi connectivity index (χ0v) is 18.1. The summed E-state index contributed by atoms with van der Waals surface area (Å²) in [6.07, 6.45) is 1.65. The average Bonchev–Trinajstić information content (AvgIpc) is 3.29. The lowest BCUT2D eigenvalue weighted by Gasteiger charge is -2.39. The number of H-pyrrole nitrogens is 1. The molecule has 0 radical (unpaired) electrons. The Balaban J connectivity index is 1.36. The zero-order chi connectivity index (χ0) is 22.8. The summed E-state index contributed by atoms with van der Waals surface area (Å²) >= 11 is 0. The molecule has 1 fully saturated rings. The monoisotopic (exact) mass is 440 g/mol. The first kappa shape index (κ1) is 20.9. The molecule has 0 aliphatic carbocycles. The molecule has 1 amide bonds. The van der Waals surface area contributed by atoms with Crippen molar-refractivity contribution in [2.75, 3.05) is 26.2 Å². The van der Waals surface area contributed by atoms with Gasteiger partial charge in [-0.15, -0.1) is 0 Å². The van der Waals surface area contributed by atoms with Gasteiger partial charge in [-0.2, -0.15) is 0 Å². The Bertz CT molecular complexity index is 1240. The number of nitrogens with zero attached hydrogens (tertiary/aromatic N) is 3. The second-order valence-corrected chi connectivity index (χ2v) is 8.24. The number of carbonyl (C=O) groups is 1. The van der Waals surface area contributed by atoms with E-state index in [1.807, 2.05) is 17.0 Å². The fourth-order valence-electron chi connectivity index (χ4n) is 4.64. The van der Waals surface area contributed by atoms with Gasteiger partial charge >= 0.3 is 0 Å². The van der Waals surface area contributed by atoms with Gasteiger partial charge in [0.15, 0.2) is 0 Å². The summed E-state index contributed by atoms with van der Waals surface area (Å²) in [5, 5.41) is 11.8. The number of fused-ring (bicyclic) bond motifs is 1. The average molecular weight is 441 g/mol. The van der Waals surface area contributed by atoms with Gasteiger partial charge < -0.3 is 9.88 Å². The second-order valence-electron chi connectivity index (χ2n) is 8.24. The van der Waals surface area contributed by atoms with Crippen LogP contribution in [0.15, 0.2) is 85.1 Å². The highest BCUT2D eigenvalue weighted by Gasteiger charge is 2.29. The van der Waals surface area contributed by atoms with E-state index in [0.29, 0.717) is 24.0 Å². The van der Waals surface area contributed by atoms with Gasteiger partial charge in [-0.1, -0.05) is 60.7 Å². The van der Waals surface area contributed by atoms with Gasteiger partial charge in [0.05, 0.1) is 16.5 Å². The lowest BCUT2D eigenvalue weighted by atomic mass is 9.96. The fraction of sp³-hybridized carbons (Fsp3) is 0.192. The number of rotatable bonds is 5. The van der Waals surface area contributed by atoms with Crippen LogP contribution < -0.4 is 0 Å². The van der Waals surface area contributed by atoms with Crippen LogP contribution in [0.1, 0.15) is 27.5 Å². The third-order valence-corrected chi connectivity index (χ3v) is 6.30. The molecule has 166 valence electrons. The fourth-order valence-corrected chi connectivity index (χ4v) is 4.64. The normalized spacial score (nSPS) is 14.6. The number of aromatic amines is 1. The number of nitro groups is 1. The van der Waals surface area contributed by atoms with Crippen molar-refractivity contribution in [1.29, 1.82) is 0 Å². The summed E-state index contributed by atoms with van der Waals surface area (Å²) < 4.78 is 0. The molecule has 2 heterocycles. The van der Waals surface area contributed by atoms with Crippen LogP contribution in [-0.2, 0) is 0 Å². The number of hydrogen-bond donors (Lipinski definition) is 1. The minimum atomic E-state index is -0.438. The van der Waals surface area contributed by atoms with E-state index in [-0.39, 0.29) is 17.6 Å². The van der Waals surface area contributed by atoms with Crippen LogP contribution in [0.25, 0.3) is 10.9 Å². The van der Waals surface area contributed by atoms with Gasteiger partial charge in [-0.25, -0.2) is 0 Å². The van der Waals surface area contributed by atoms with Gasteiger partial charge in [-0.05, 0) is 17.2 Å². The molecule has 0 atom stereocenters. The van der Waals surface area contributed by atoms with E-state index in [0.717, 1.165) is 18.6 Å². The van der Waals surface area contributed by atoms with Crippen molar-refractivity contribution in [3.63, 3.8) is 0 Å². The predicted octanol–water partition coefficient (Wildman–Crippen LogP) is 4.62. The Labute approximate surface area is 191 Å². The summed E-state index contributed by atoms with van der Waals surface area (Å²) in [6.45, 7) is 2.67. The standard InChI is InChI=1S/C26H24N4O3/c31-26(23-18-27-24-12-11-21(30(32)33)17-22(23)24)29-15-13-28(14-16-29)25(19-7-3-1-4-8-19)20-9-5-2-6-10-20/h1-12,17-18,25,27H,13-16H2. The largest absolute Gasteiger partial charge is 0.360 e. The maximum atomic E-state index is 13.3. The van der Waals surface area contributed by atoms with Gasteiger partial charge in [0.2, 0.25) is 0 Å². The Morgan fingerprint density at radius 2 is 1.48 bits per heavy atom. The molecule has 0 spiro atoms. The van der Waals surface area contributed by atoms with Crippen molar-refractivity contribution >= 4 is 22.5 Å². The van der Waals surface area contributed by atoms with Crippen LogP contribution in [-0.4, -0.2) is 51.8 Å². The first-order chi connectivity index (χ1) is 16.1. The molecule has 1 aromatic heterocycles. The minimum Gasteiger partial charge on any atom is -0.360 e. The van der Waals surface area contributed by atoms with Crippen LogP contribution in [0, 0.1) is 10.1 Å². The molecule has 1 saturated heterocycles. The first-order valence-corrected chi connectivity index (χ1v) is 11.0. The first-order valence-electron chi connectivity index (χ1n) is 11.0. The van der Waals surface area contributed by atoms with Crippen LogP contribution in [0.5, 0.6) is 0 Å². The summed E-state index contributed by atoms with van der Waals surface area (Å²) in [7, 11) is 0. The van der Waals surface area contributed by atoms with Crippen molar-refractivity contribution in [1.82, 2.24) is 14.8 Å². The van der Waals surface area contributed by atoms with Crippen molar-refractivity contribution in [2.24, 2.45) is 0 Å². The summed E-state index contributed by atoms with van der Waals surface area (Å²) in [6, 6.07) is 25.5. The molecule has 1 aliphatic heterocycles. The van der Waals surface area contributed by atoms with Gasteiger partial charge in [0.1, 0.15) is 0 Å². The SMILES string of the molecule is O=C(c1c[nH]c2ccc([N+](=O)[O-])cc12)N1CCN(C(c2ccccc2)c2ccccc2)CC1. The molecule has 1 aliphatic rings. The number of nitrogens with one attached hydrogen (secondary N) is 1. The number of non-ortho nitro benzene ring substituents is 1. The molecule has 5 rings (SSSR count). The second kappa shape index (κ2) is 8.88. The highest BCUT2D eigenvalue weighted by Crippen LogP contribution is 2.30. The Hall–Kier alpha value is -3.97. The molecule has 1 N–H and O–H groups in total. The van der Waals surface area contributed by atoms with E-state index in [4.69, 9.17) is 0 Å². The molecule has 7 heteroatoms. The van der Waals surface area contributed by atoms with Crippen molar-refractivity contribution in [3.05, 3.63) is 112 Å². The number of carbonyl (C=O) groups excluding carboxylic acids is 1.